The van der Waals surface area contributed by atoms with Crippen LogP contribution in [0.1, 0.15) is 31.2 Å². The van der Waals surface area contributed by atoms with Gasteiger partial charge in [-0.3, -0.25) is 0 Å². The molecule has 0 saturated heterocycles. The Kier molecular flexibility index (Phi) is 6.15. The molecule has 24 heavy (non-hydrogen) atoms. The summed E-state index contributed by atoms with van der Waals surface area (Å²) >= 11 is 0. The standard InChI is InChI=1S/C20H32O2Si2/c1-23(2,3)21-19-16-12-8-11-15-18(19)20(22-24(4,5)6)17-13-9-7-10-14-17/h7,9-10,13-14,16H,8,11-12,15H2,1-6H3/b20-18-. The van der Waals surface area contributed by atoms with Crippen LogP contribution in [0.15, 0.2) is 47.7 Å². The Bertz CT molecular complexity index is 605. The van der Waals surface area contributed by atoms with Gasteiger partial charge in [-0.1, -0.05) is 30.3 Å². The second-order valence-corrected chi connectivity index (χ2v) is 17.3. The van der Waals surface area contributed by atoms with Crippen molar-refractivity contribution in [1.29, 1.82) is 0 Å². The van der Waals surface area contributed by atoms with E-state index in [2.05, 4.69) is 75.7 Å². The van der Waals surface area contributed by atoms with Gasteiger partial charge in [0.05, 0.1) is 0 Å². The van der Waals surface area contributed by atoms with Crippen molar-refractivity contribution >= 4 is 22.4 Å². The number of benzene rings is 1. The fourth-order valence-electron chi connectivity index (χ4n) is 2.77. The quantitative estimate of drug-likeness (QED) is 0.437. The van der Waals surface area contributed by atoms with Gasteiger partial charge in [-0.05, 0) is 71.0 Å². The molecule has 0 saturated carbocycles. The normalized spacial score (nSPS) is 18.5. The lowest BCUT2D eigenvalue weighted by atomic mass is 10.0. The summed E-state index contributed by atoms with van der Waals surface area (Å²) in [6.07, 6.45) is 6.83. The van der Waals surface area contributed by atoms with Gasteiger partial charge in [0, 0.05) is 11.1 Å². The van der Waals surface area contributed by atoms with Crippen LogP contribution in [-0.2, 0) is 8.85 Å². The van der Waals surface area contributed by atoms with E-state index in [9.17, 15) is 0 Å². The fraction of sp³-hybridized carbons (Fsp3) is 0.500. The molecule has 0 radical (unpaired) electrons. The van der Waals surface area contributed by atoms with E-state index < -0.39 is 16.6 Å². The summed E-state index contributed by atoms with van der Waals surface area (Å²) in [5.41, 5.74) is 2.44. The molecule has 4 heteroatoms. The second kappa shape index (κ2) is 7.74. The lowest BCUT2D eigenvalue weighted by Gasteiger charge is -2.28. The van der Waals surface area contributed by atoms with Gasteiger partial charge in [0.25, 0.3) is 0 Å². The molecule has 0 aromatic heterocycles. The zero-order valence-corrected chi connectivity index (χ0v) is 18.1. The average molecular weight is 361 g/mol. The zero-order valence-electron chi connectivity index (χ0n) is 16.1. The summed E-state index contributed by atoms with van der Waals surface area (Å²) in [7, 11) is -3.38. The first kappa shape index (κ1) is 19.1. The third kappa shape index (κ3) is 5.98. The lowest BCUT2D eigenvalue weighted by Crippen LogP contribution is -2.27. The van der Waals surface area contributed by atoms with Crippen molar-refractivity contribution < 1.29 is 8.85 Å². The molecule has 0 aliphatic heterocycles. The van der Waals surface area contributed by atoms with Crippen molar-refractivity contribution in [2.24, 2.45) is 0 Å². The topological polar surface area (TPSA) is 18.5 Å². The summed E-state index contributed by atoms with van der Waals surface area (Å²) in [6, 6.07) is 10.5. The molecular formula is C20H32O2Si2. The maximum atomic E-state index is 6.58. The van der Waals surface area contributed by atoms with E-state index >= 15 is 0 Å². The highest BCUT2D eigenvalue weighted by atomic mass is 28.4. The molecule has 1 aliphatic carbocycles. The highest BCUT2D eigenvalue weighted by Gasteiger charge is 2.27. The Labute approximate surface area is 149 Å². The van der Waals surface area contributed by atoms with Gasteiger partial charge in [0.2, 0.25) is 16.6 Å². The van der Waals surface area contributed by atoms with Crippen LogP contribution in [0.5, 0.6) is 0 Å². The molecule has 1 aromatic rings. The minimum atomic E-state index is -1.72. The van der Waals surface area contributed by atoms with Crippen molar-refractivity contribution in [3.63, 3.8) is 0 Å². The van der Waals surface area contributed by atoms with Crippen LogP contribution < -0.4 is 0 Å². The monoisotopic (exact) mass is 360 g/mol. The molecule has 0 heterocycles. The molecule has 0 fully saturated rings. The fourth-order valence-corrected chi connectivity index (χ4v) is 4.49. The highest BCUT2D eigenvalue weighted by Crippen LogP contribution is 2.35. The molecule has 0 atom stereocenters. The molecule has 0 amide bonds. The van der Waals surface area contributed by atoms with Gasteiger partial charge in [-0.15, -0.1) is 0 Å². The summed E-state index contributed by atoms with van der Waals surface area (Å²) in [5.74, 6) is 2.12. The number of hydrogen-bond donors (Lipinski definition) is 0. The molecule has 0 N–H and O–H groups in total. The van der Waals surface area contributed by atoms with Crippen LogP contribution in [0.2, 0.25) is 39.3 Å². The van der Waals surface area contributed by atoms with E-state index in [-0.39, 0.29) is 0 Å². The van der Waals surface area contributed by atoms with E-state index in [1.54, 1.807) is 0 Å². The van der Waals surface area contributed by atoms with Gasteiger partial charge in [0.1, 0.15) is 11.5 Å². The molecule has 1 aliphatic rings. The van der Waals surface area contributed by atoms with E-state index in [0.29, 0.717) is 0 Å². The molecule has 0 unspecified atom stereocenters. The van der Waals surface area contributed by atoms with E-state index in [4.69, 9.17) is 8.85 Å². The highest BCUT2D eigenvalue weighted by molar-refractivity contribution is 6.70. The van der Waals surface area contributed by atoms with Crippen molar-refractivity contribution in [1.82, 2.24) is 0 Å². The van der Waals surface area contributed by atoms with Crippen LogP contribution in [0.4, 0.5) is 0 Å². The predicted molar refractivity (Wildman–Crippen MR) is 109 cm³/mol. The second-order valence-electron chi connectivity index (χ2n) is 8.42. The summed E-state index contributed by atoms with van der Waals surface area (Å²) < 4.78 is 13.0. The Morgan fingerprint density at radius 3 is 2.12 bits per heavy atom. The van der Waals surface area contributed by atoms with Crippen LogP contribution in [0.3, 0.4) is 0 Å². The van der Waals surface area contributed by atoms with Crippen LogP contribution >= 0.6 is 0 Å². The van der Waals surface area contributed by atoms with Crippen LogP contribution in [0, 0.1) is 0 Å². The minimum Gasteiger partial charge on any atom is -0.544 e. The molecule has 132 valence electrons. The van der Waals surface area contributed by atoms with E-state index in [1.165, 1.54) is 24.0 Å². The van der Waals surface area contributed by atoms with Gasteiger partial charge in [-0.2, -0.15) is 0 Å². The summed E-state index contributed by atoms with van der Waals surface area (Å²) in [6.45, 7) is 13.5. The maximum absolute atomic E-state index is 6.58. The first-order valence-electron chi connectivity index (χ1n) is 9.03. The first-order valence-corrected chi connectivity index (χ1v) is 15.8. The Balaban J connectivity index is 2.55. The zero-order chi connectivity index (χ0) is 17.8. The molecule has 2 nitrogen and oxygen atoms in total. The predicted octanol–water partition coefficient (Wildman–Crippen LogP) is 6.56. The summed E-state index contributed by atoms with van der Waals surface area (Å²) in [5, 5.41) is 0. The van der Waals surface area contributed by atoms with Crippen molar-refractivity contribution in [2.75, 3.05) is 0 Å². The Hall–Kier alpha value is -1.27. The SMILES string of the molecule is C[Si](C)(C)OC1=CCCCC/C1=C(/O[Si](C)(C)C)c1ccccc1. The van der Waals surface area contributed by atoms with Gasteiger partial charge < -0.3 is 8.85 Å². The smallest absolute Gasteiger partial charge is 0.242 e. The molecule has 0 bridgehead atoms. The number of allylic oxidation sites excluding steroid dienone is 2. The third-order valence-electron chi connectivity index (χ3n) is 3.64. The van der Waals surface area contributed by atoms with Crippen molar-refractivity contribution in [3.05, 3.63) is 53.3 Å². The maximum Gasteiger partial charge on any atom is 0.242 e. The molecule has 1 aromatic carbocycles. The Morgan fingerprint density at radius 1 is 0.875 bits per heavy atom. The van der Waals surface area contributed by atoms with Crippen molar-refractivity contribution in [3.8, 4) is 0 Å². The Morgan fingerprint density at radius 2 is 1.54 bits per heavy atom. The third-order valence-corrected chi connectivity index (χ3v) is 5.29. The minimum absolute atomic E-state index is 1.03. The van der Waals surface area contributed by atoms with Crippen molar-refractivity contribution in [2.45, 2.75) is 65.0 Å². The largest absolute Gasteiger partial charge is 0.544 e. The molecule has 0 spiro atoms. The summed E-state index contributed by atoms with van der Waals surface area (Å²) in [4.78, 5) is 0. The van der Waals surface area contributed by atoms with Gasteiger partial charge in [-0.25, -0.2) is 0 Å². The average Bonchev–Trinajstić information content (AvgIpc) is 2.68. The van der Waals surface area contributed by atoms with Gasteiger partial charge >= 0.3 is 0 Å². The van der Waals surface area contributed by atoms with E-state index in [1.807, 2.05) is 0 Å². The van der Waals surface area contributed by atoms with E-state index in [0.717, 1.165) is 24.4 Å². The van der Waals surface area contributed by atoms with Gasteiger partial charge in [0.15, 0.2) is 0 Å². The number of rotatable bonds is 5. The first-order chi connectivity index (χ1) is 11.2. The lowest BCUT2D eigenvalue weighted by molar-refractivity contribution is 0.421. The molecular weight excluding hydrogens is 328 g/mol. The molecule has 2 rings (SSSR count). The number of hydrogen-bond acceptors (Lipinski definition) is 2. The van der Waals surface area contributed by atoms with Crippen LogP contribution in [0.25, 0.3) is 5.76 Å². The van der Waals surface area contributed by atoms with Crippen LogP contribution in [-0.4, -0.2) is 16.6 Å².